The Morgan fingerprint density at radius 2 is 1.96 bits per heavy atom. The topological polar surface area (TPSA) is 74.5 Å². The fourth-order valence-corrected chi connectivity index (χ4v) is 2.93. The van der Waals surface area contributed by atoms with Gasteiger partial charge in [-0.3, -0.25) is 0 Å². The molecule has 2 amide bonds. The van der Waals surface area contributed by atoms with E-state index in [1.807, 2.05) is 36.4 Å². The lowest BCUT2D eigenvalue weighted by Gasteiger charge is -2.16. The van der Waals surface area contributed by atoms with E-state index in [9.17, 15) is 9.90 Å². The maximum atomic E-state index is 11.8. The number of aliphatic hydroxyl groups excluding tert-OH is 1. The van der Waals surface area contributed by atoms with Crippen molar-refractivity contribution in [1.82, 2.24) is 10.6 Å². The van der Waals surface area contributed by atoms with Gasteiger partial charge < -0.3 is 20.2 Å². The molecule has 0 bridgehead atoms. The SMILES string of the molecule is O=C(NC[C@@H](O)c1ccc(-c2ccco2)cc1)NC1CCCC1. The Labute approximate surface area is 135 Å². The summed E-state index contributed by atoms with van der Waals surface area (Å²) in [6.45, 7) is 0.193. The standard InChI is InChI=1S/C18H22N2O3/c21-16(12-19-18(22)20-15-4-1-2-5-15)13-7-9-14(10-8-13)17-6-3-11-23-17/h3,6-11,15-16,21H,1-2,4-5,12H2,(H2,19,20,22)/t16-/m1/s1. The summed E-state index contributed by atoms with van der Waals surface area (Å²) in [5.41, 5.74) is 1.72. The summed E-state index contributed by atoms with van der Waals surface area (Å²) >= 11 is 0. The van der Waals surface area contributed by atoms with Gasteiger partial charge in [0.2, 0.25) is 0 Å². The van der Waals surface area contributed by atoms with E-state index in [0.717, 1.165) is 29.7 Å². The van der Waals surface area contributed by atoms with Gasteiger partial charge in [-0.05, 0) is 30.5 Å². The first-order valence-corrected chi connectivity index (χ1v) is 8.08. The van der Waals surface area contributed by atoms with Crippen LogP contribution >= 0.6 is 0 Å². The smallest absolute Gasteiger partial charge is 0.315 e. The van der Waals surface area contributed by atoms with E-state index >= 15 is 0 Å². The van der Waals surface area contributed by atoms with Crippen molar-refractivity contribution in [2.24, 2.45) is 0 Å². The van der Waals surface area contributed by atoms with E-state index in [1.54, 1.807) is 6.26 Å². The normalized spacial score (nSPS) is 16.2. The van der Waals surface area contributed by atoms with Crippen LogP contribution in [-0.4, -0.2) is 23.7 Å². The van der Waals surface area contributed by atoms with Crippen molar-refractivity contribution >= 4 is 6.03 Å². The molecule has 1 atom stereocenters. The Morgan fingerprint density at radius 1 is 1.22 bits per heavy atom. The lowest BCUT2D eigenvalue weighted by molar-refractivity contribution is 0.172. The monoisotopic (exact) mass is 314 g/mol. The molecule has 1 heterocycles. The van der Waals surface area contributed by atoms with E-state index in [-0.39, 0.29) is 18.6 Å². The van der Waals surface area contributed by atoms with Crippen LogP contribution in [0.5, 0.6) is 0 Å². The highest BCUT2D eigenvalue weighted by Crippen LogP contribution is 2.22. The number of aliphatic hydroxyl groups is 1. The molecule has 23 heavy (non-hydrogen) atoms. The van der Waals surface area contributed by atoms with Gasteiger partial charge in [0.15, 0.2) is 0 Å². The molecule has 1 aromatic heterocycles. The number of benzene rings is 1. The number of furan rings is 1. The molecule has 5 nitrogen and oxygen atoms in total. The summed E-state index contributed by atoms with van der Waals surface area (Å²) in [7, 11) is 0. The van der Waals surface area contributed by atoms with E-state index in [0.29, 0.717) is 0 Å². The van der Waals surface area contributed by atoms with Crippen LogP contribution in [0.1, 0.15) is 37.4 Å². The first-order valence-electron chi connectivity index (χ1n) is 8.08. The van der Waals surface area contributed by atoms with Crippen LogP contribution in [0.2, 0.25) is 0 Å². The number of hydrogen-bond acceptors (Lipinski definition) is 3. The van der Waals surface area contributed by atoms with Crippen molar-refractivity contribution < 1.29 is 14.3 Å². The number of amides is 2. The van der Waals surface area contributed by atoms with Crippen LogP contribution < -0.4 is 10.6 Å². The second-order valence-corrected chi connectivity index (χ2v) is 5.95. The van der Waals surface area contributed by atoms with Crippen LogP contribution in [-0.2, 0) is 0 Å². The number of carbonyl (C=O) groups excluding carboxylic acids is 1. The van der Waals surface area contributed by atoms with Crippen LogP contribution in [0.3, 0.4) is 0 Å². The highest BCUT2D eigenvalue weighted by atomic mass is 16.3. The van der Waals surface area contributed by atoms with Crippen molar-refractivity contribution in [2.45, 2.75) is 37.8 Å². The fraction of sp³-hybridized carbons (Fsp3) is 0.389. The van der Waals surface area contributed by atoms with Gasteiger partial charge in [-0.15, -0.1) is 0 Å². The minimum atomic E-state index is -0.727. The summed E-state index contributed by atoms with van der Waals surface area (Å²) in [6, 6.07) is 11.3. The lowest BCUT2D eigenvalue weighted by Crippen LogP contribution is -2.42. The molecule has 1 aliphatic rings. The zero-order chi connectivity index (χ0) is 16.1. The predicted molar refractivity (Wildman–Crippen MR) is 87.9 cm³/mol. The number of rotatable bonds is 5. The van der Waals surface area contributed by atoms with Gasteiger partial charge in [0.25, 0.3) is 0 Å². The second kappa shape index (κ2) is 7.33. The quantitative estimate of drug-likeness (QED) is 0.793. The average molecular weight is 314 g/mol. The lowest BCUT2D eigenvalue weighted by atomic mass is 10.1. The average Bonchev–Trinajstić information content (AvgIpc) is 3.26. The molecule has 0 spiro atoms. The summed E-state index contributed by atoms with van der Waals surface area (Å²) < 4.78 is 5.33. The minimum Gasteiger partial charge on any atom is -0.464 e. The molecule has 1 aliphatic carbocycles. The highest BCUT2D eigenvalue weighted by molar-refractivity contribution is 5.74. The predicted octanol–water partition coefficient (Wildman–Crippen LogP) is 3.22. The maximum absolute atomic E-state index is 11.8. The molecular formula is C18H22N2O3. The van der Waals surface area contributed by atoms with Crippen molar-refractivity contribution in [3.8, 4) is 11.3 Å². The van der Waals surface area contributed by atoms with Crippen LogP contribution in [0.25, 0.3) is 11.3 Å². The molecular weight excluding hydrogens is 292 g/mol. The third kappa shape index (κ3) is 4.13. The zero-order valence-corrected chi connectivity index (χ0v) is 13.0. The maximum Gasteiger partial charge on any atom is 0.315 e. The molecule has 0 saturated heterocycles. The molecule has 0 unspecified atom stereocenters. The third-order valence-electron chi connectivity index (χ3n) is 4.25. The summed E-state index contributed by atoms with van der Waals surface area (Å²) in [5.74, 6) is 0.792. The van der Waals surface area contributed by atoms with Gasteiger partial charge in [0.05, 0.1) is 12.4 Å². The van der Waals surface area contributed by atoms with E-state index < -0.39 is 6.10 Å². The van der Waals surface area contributed by atoms with Crippen molar-refractivity contribution in [2.75, 3.05) is 6.54 Å². The summed E-state index contributed by atoms with van der Waals surface area (Å²) in [4.78, 5) is 11.8. The van der Waals surface area contributed by atoms with Crippen molar-refractivity contribution in [1.29, 1.82) is 0 Å². The Balaban J connectivity index is 1.49. The zero-order valence-electron chi connectivity index (χ0n) is 13.0. The van der Waals surface area contributed by atoms with Gasteiger partial charge in [-0.1, -0.05) is 37.1 Å². The Hall–Kier alpha value is -2.27. The first-order chi connectivity index (χ1) is 11.2. The Bertz CT molecular complexity index is 616. The second-order valence-electron chi connectivity index (χ2n) is 5.95. The van der Waals surface area contributed by atoms with Gasteiger partial charge >= 0.3 is 6.03 Å². The Kier molecular flexibility index (Phi) is 4.98. The molecule has 5 heteroatoms. The number of urea groups is 1. The van der Waals surface area contributed by atoms with Gasteiger partial charge in [-0.25, -0.2) is 4.79 Å². The van der Waals surface area contributed by atoms with Crippen molar-refractivity contribution in [3.63, 3.8) is 0 Å². The third-order valence-corrected chi connectivity index (χ3v) is 4.25. The molecule has 3 N–H and O–H groups in total. The van der Waals surface area contributed by atoms with Crippen LogP contribution in [0.15, 0.2) is 47.1 Å². The number of hydrogen-bond donors (Lipinski definition) is 3. The molecule has 0 aliphatic heterocycles. The van der Waals surface area contributed by atoms with Crippen molar-refractivity contribution in [3.05, 3.63) is 48.2 Å². The highest BCUT2D eigenvalue weighted by Gasteiger charge is 2.17. The van der Waals surface area contributed by atoms with Crippen LogP contribution in [0, 0.1) is 0 Å². The largest absolute Gasteiger partial charge is 0.464 e. The molecule has 122 valence electrons. The molecule has 1 fully saturated rings. The Morgan fingerprint density at radius 3 is 2.61 bits per heavy atom. The van der Waals surface area contributed by atoms with Gasteiger partial charge in [0, 0.05) is 18.2 Å². The van der Waals surface area contributed by atoms with Gasteiger partial charge in [-0.2, -0.15) is 0 Å². The van der Waals surface area contributed by atoms with Gasteiger partial charge in [0.1, 0.15) is 5.76 Å². The van der Waals surface area contributed by atoms with E-state index in [1.165, 1.54) is 12.8 Å². The molecule has 0 radical (unpaired) electrons. The number of carbonyl (C=O) groups is 1. The minimum absolute atomic E-state index is 0.193. The molecule has 1 aromatic carbocycles. The summed E-state index contributed by atoms with van der Waals surface area (Å²) in [6.07, 6.45) is 5.35. The summed E-state index contributed by atoms with van der Waals surface area (Å²) in [5, 5.41) is 15.9. The first kappa shape index (κ1) is 15.6. The molecule has 2 aromatic rings. The van der Waals surface area contributed by atoms with E-state index in [2.05, 4.69) is 10.6 Å². The molecule has 1 saturated carbocycles. The molecule has 3 rings (SSSR count). The van der Waals surface area contributed by atoms with Crippen LogP contribution in [0.4, 0.5) is 4.79 Å². The van der Waals surface area contributed by atoms with E-state index in [4.69, 9.17) is 4.42 Å². The fourth-order valence-electron chi connectivity index (χ4n) is 2.93. The number of nitrogens with one attached hydrogen (secondary N) is 2.